The zero-order chi connectivity index (χ0) is 14.0. The van der Waals surface area contributed by atoms with Gasteiger partial charge in [0.2, 0.25) is 0 Å². The van der Waals surface area contributed by atoms with E-state index < -0.39 is 0 Å². The molecule has 3 rings (SSSR count). The lowest BCUT2D eigenvalue weighted by Gasteiger charge is -2.46. The summed E-state index contributed by atoms with van der Waals surface area (Å²) in [5, 5.41) is 13.5. The molecule has 3 aliphatic rings. The van der Waals surface area contributed by atoms with Gasteiger partial charge in [0.1, 0.15) is 0 Å². The molecule has 0 aromatic carbocycles. The van der Waals surface area contributed by atoms with Crippen molar-refractivity contribution in [2.75, 3.05) is 32.8 Å². The maximum atomic E-state index is 9.96. The number of aliphatic hydroxyl groups is 1. The summed E-state index contributed by atoms with van der Waals surface area (Å²) in [6.45, 7) is 7.38. The van der Waals surface area contributed by atoms with Crippen molar-refractivity contribution in [2.24, 2.45) is 5.41 Å². The Labute approximate surface area is 122 Å². The van der Waals surface area contributed by atoms with Crippen molar-refractivity contribution in [3.05, 3.63) is 0 Å². The summed E-state index contributed by atoms with van der Waals surface area (Å²) < 4.78 is 5.59. The monoisotopic (exact) mass is 282 g/mol. The standard InChI is InChI=1S/C16H30N2O2/c1-2-17-11-16(5-7-20-8-6-16)12-18-13-3-4-14(18)10-15(19)9-13/h13-15,17,19H,2-12H2,1H3. The Kier molecular flexibility index (Phi) is 4.65. The minimum Gasteiger partial charge on any atom is -0.393 e. The Morgan fingerprint density at radius 3 is 2.45 bits per heavy atom. The third-order valence-electron chi connectivity index (χ3n) is 5.68. The van der Waals surface area contributed by atoms with Gasteiger partial charge in [-0.3, -0.25) is 4.90 Å². The highest BCUT2D eigenvalue weighted by atomic mass is 16.5. The first-order valence-electron chi connectivity index (χ1n) is 8.45. The summed E-state index contributed by atoms with van der Waals surface area (Å²) in [6.07, 6.45) is 6.86. The second-order valence-electron chi connectivity index (χ2n) is 7.08. The van der Waals surface area contributed by atoms with Gasteiger partial charge in [-0.05, 0) is 50.5 Å². The molecular weight excluding hydrogens is 252 g/mol. The van der Waals surface area contributed by atoms with Crippen molar-refractivity contribution in [1.29, 1.82) is 0 Å². The molecule has 2 N–H and O–H groups in total. The smallest absolute Gasteiger partial charge is 0.0570 e. The fourth-order valence-electron chi connectivity index (χ4n) is 4.48. The molecule has 0 amide bonds. The van der Waals surface area contributed by atoms with E-state index in [0.29, 0.717) is 17.5 Å². The molecule has 0 spiro atoms. The second-order valence-corrected chi connectivity index (χ2v) is 7.08. The molecule has 0 aromatic heterocycles. The molecule has 0 aliphatic carbocycles. The topological polar surface area (TPSA) is 44.7 Å². The molecule has 0 radical (unpaired) electrons. The van der Waals surface area contributed by atoms with Crippen LogP contribution in [-0.4, -0.2) is 61.0 Å². The molecule has 3 fully saturated rings. The van der Waals surface area contributed by atoms with Crippen LogP contribution in [0.1, 0.15) is 45.4 Å². The number of fused-ring (bicyclic) bond motifs is 2. The van der Waals surface area contributed by atoms with E-state index in [9.17, 15) is 5.11 Å². The average Bonchev–Trinajstić information content (AvgIpc) is 2.69. The largest absolute Gasteiger partial charge is 0.393 e. The van der Waals surface area contributed by atoms with Crippen molar-refractivity contribution in [3.63, 3.8) is 0 Å². The predicted molar refractivity (Wildman–Crippen MR) is 79.8 cm³/mol. The quantitative estimate of drug-likeness (QED) is 0.800. The maximum Gasteiger partial charge on any atom is 0.0570 e. The van der Waals surface area contributed by atoms with Crippen LogP contribution in [0.2, 0.25) is 0 Å². The first-order valence-corrected chi connectivity index (χ1v) is 8.45. The number of rotatable bonds is 5. The van der Waals surface area contributed by atoms with Crippen LogP contribution in [0, 0.1) is 5.41 Å². The molecule has 2 unspecified atom stereocenters. The normalized spacial score (nSPS) is 37.2. The van der Waals surface area contributed by atoms with Crippen LogP contribution in [-0.2, 0) is 4.74 Å². The molecular formula is C16H30N2O2. The first kappa shape index (κ1) is 14.8. The molecule has 3 saturated heterocycles. The van der Waals surface area contributed by atoms with Crippen LogP contribution in [0.25, 0.3) is 0 Å². The van der Waals surface area contributed by atoms with Crippen molar-refractivity contribution in [1.82, 2.24) is 10.2 Å². The molecule has 2 bridgehead atoms. The Morgan fingerprint density at radius 1 is 1.20 bits per heavy atom. The minimum absolute atomic E-state index is 0.0526. The third kappa shape index (κ3) is 3.03. The lowest BCUT2D eigenvalue weighted by Crippen LogP contribution is -2.53. The number of nitrogens with zero attached hydrogens (tertiary/aromatic N) is 1. The Hall–Kier alpha value is -0.160. The number of aliphatic hydroxyl groups excluding tert-OH is 1. The van der Waals surface area contributed by atoms with E-state index >= 15 is 0 Å². The number of piperidine rings is 1. The SMILES string of the molecule is CCNCC1(CN2C3CCC2CC(O)C3)CCOCC1. The zero-order valence-corrected chi connectivity index (χ0v) is 12.8. The summed E-state index contributed by atoms with van der Waals surface area (Å²) in [5.74, 6) is 0. The number of nitrogens with one attached hydrogen (secondary N) is 1. The predicted octanol–water partition coefficient (Wildman–Crippen LogP) is 1.38. The highest BCUT2D eigenvalue weighted by molar-refractivity contribution is 4.99. The van der Waals surface area contributed by atoms with Crippen molar-refractivity contribution in [2.45, 2.75) is 63.6 Å². The molecule has 0 saturated carbocycles. The molecule has 116 valence electrons. The zero-order valence-electron chi connectivity index (χ0n) is 12.8. The number of ether oxygens (including phenoxy) is 1. The summed E-state index contributed by atoms with van der Waals surface area (Å²) >= 11 is 0. The molecule has 3 aliphatic heterocycles. The fourth-order valence-corrected chi connectivity index (χ4v) is 4.48. The summed E-state index contributed by atoms with van der Waals surface area (Å²) in [7, 11) is 0. The third-order valence-corrected chi connectivity index (χ3v) is 5.68. The number of hydrogen-bond acceptors (Lipinski definition) is 4. The van der Waals surface area contributed by atoms with Gasteiger partial charge in [0.25, 0.3) is 0 Å². The van der Waals surface area contributed by atoms with E-state index in [1.807, 2.05) is 0 Å². The average molecular weight is 282 g/mol. The summed E-state index contributed by atoms with van der Waals surface area (Å²) in [5.41, 5.74) is 0.386. The molecule has 4 heteroatoms. The molecule has 3 heterocycles. The van der Waals surface area contributed by atoms with Gasteiger partial charge in [-0.25, -0.2) is 0 Å². The van der Waals surface area contributed by atoms with Crippen molar-refractivity contribution in [3.8, 4) is 0 Å². The van der Waals surface area contributed by atoms with Gasteiger partial charge in [0.05, 0.1) is 6.10 Å². The van der Waals surface area contributed by atoms with E-state index in [1.54, 1.807) is 0 Å². The lowest BCUT2D eigenvalue weighted by atomic mass is 9.78. The fraction of sp³-hybridized carbons (Fsp3) is 1.00. The van der Waals surface area contributed by atoms with E-state index in [0.717, 1.165) is 39.1 Å². The molecule has 20 heavy (non-hydrogen) atoms. The highest BCUT2D eigenvalue weighted by Gasteiger charge is 2.44. The van der Waals surface area contributed by atoms with E-state index in [1.165, 1.54) is 32.2 Å². The van der Waals surface area contributed by atoms with Crippen molar-refractivity contribution >= 4 is 0 Å². The molecule has 4 nitrogen and oxygen atoms in total. The van der Waals surface area contributed by atoms with Gasteiger partial charge in [0.15, 0.2) is 0 Å². The lowest BCUT2D eigenvalue weighted by molar-refractivity contribution is -0.0353. The maximum absolute atomic E-state index is 9.96. The van der Waals surface area contributed by atoms with Crippen LogP contribution < -0.4 is 5.32 Å². The van der Waals surface area contributed by atoms with Crippen LogP contribution in [0.5, 0.6) is 0 Å². The summed E-state index contributed by atoms with van der Waals surface area (Å²) in [6, 6.07) is 1.26. The Morgan fingerprint density at radius 2 is 1.85 bits per heavy atom. The van der Waals surface area contributed by atoms with Gasteiger partial charge in [-0.15, -0.1) is 0 Å². The van der Waals surface area contributed by atoms with E-state index in [2.05, 4.69) is 17.1 Å². The van der Waals surface area contributed by atoms with E-state index in [-0.39, 0.29) is 6.10 Å². The van der Waals surface area contributed by atoms with Gasteiger partial charge in [-0.2, -0.15) is 0 Å². The number of hydrogen-bond donors (Lipinski definition) is 2. The van der Waals surface area contributed by atoms with Crippen LogP contribution in [0.3, 0.4) is 0 Å². The van der Waals surface area contributed by atoms with Crippen molar-refractivity contribution < 1.29 is 9.84 Å². The van der Waals surface area contributed by atoms with Gasteiger partial charge >= 0.3 is 0 Å². The molecule has 2 atom stereocenters. The first-order chi connectivity index (χ1) is 9.72. The van der Waals surface area contributed by atoms with Crippen LogP contribution in [0.15, 0.2) is 0 Å². The second kappa shape index (κ2) is 6.30. The minimum atomic E-state index is -0.0526. The summed E-state index contributed by atoms with van der Waals surface area (Å²) in [4.78, 5) is 2.73. The van der Waals surface area contributed by atoms with E-state index in [4.69, 9.17) is 4.74 Å². The Balaban J connectivity index is 1.67. The van der Waals surface area contributed by atoms with Gasteiger partial charge < -0.3 is 15.2 Å². The van der Waals surface area contributed by atoms with Gasteiger partial charge in [-0.1, -0.05) is 6.92 Å². The molecule has 0 aromatic rings. The Bertz CT molecular complexity index is 304. The van der Waals surface area contributed by atoms with Gasteiger partial charge in [0, 0.05) is 38.4 Å². The van der Waals surface area contributed by atoms with Crippen LogP contribution in [0.4, 0.5) is 0 Å². The highest BCUT2D eigenvalue weighted by Crippen LogP contribution is 2.40. The van der Waals surface area contributed by atoms with Crippen LogP contribution >= 0.6 is 0 Å².